The zero-order valence-corrected chi connectivity index (χ0v) is 10.1. The van der Waals surface area contributed by atoms with Gasteiger partial charge in [-0.25, -0.2) is 0 Å². The van der Waals surface area contributed by atoms with Crippen molar-refractivity contribution in [3.8, 4) is 0 Å². The second-order valence-electron chi connectivity index (χ2n) is 4.20. The van der Waals surface area contributed by atoms with Crippen LogP contribution in [0.1, 0.15) is 37.3 Å². The molecule has 1 N–H and O–H groups in total. The summed E-state index contributed by atoms with van der Waals surface area (Å²) in [4.78, 5) is 0. The molecule has 1 rings (SSSR count). The van der Waals surface area contributed by atoms with Crippen molar-refractivity contribution in [3.05, 3.63) is 35.4 Å². The van der Waals surface area contributed by atoms with Crippen LogP contribution in [0.4, 0.5) is 0 Å². The summed E-state index contributed by atoms with van der Waals surface area (Å²) in [6.45, 7) is 6.69. The second-order valence-corrected chi connectivity index (χ2v) is 4.20. The summed E-state index contributed by atoms with van der Waals surface area (Å²) in [6.07, 6.45) is 5.03. The summed E-state index contributed by atoms with van der Waals surface area (Å²) in [5, 5.41) is 3.43. The van der Waals surface area contributed by atoms with Crippen molar-refractivity contribution < 1.29 is 0 Å². The highest BCUT2D eigenvalue weighted by Gasteiger charge is 1.93. The molecule has 0 aliphatic heterocycles. The molecule has 1 nitrogen and oxygen atoms in total. The van der Waals surface area contributed by atoms with Gasteiger partial charge in [-0.1, -0.05) is 36.8 Å². The molecular formula is C14H23N. The van der Waals surface area contributed by atoms with E-state index in [9.17, 15) is 0 Å². The summed E-state index contributed by atoms with van der Waals surface area (Å²) in [5.41, 5.74) is 2.85. The first-order valence-electron chi connectivity index (χ1n) is 6.09. The van der Waals surface area contributed by atoms with Gasteiger partial charge in [0.05, 0.1) is 0 Å². The monoisotopic (exact) mass is 205 g/mol. The van der Waals surface area contributed by atoms with Gasteiger partial charge in [-0.3, -0.25) is 0 Å². The van der Waals surface area contributed by atoms with Crippen molar-refractivity contribution in [3.63, 3.8) is 0 Å². The zero-order chi connectivity index (χ0) is 10.9. The Morgan fingerprint density at radius 2 is 2.00 bits per heavy atom. The molecule has 0 aliphatic rings. The van der Waals surface area contributed by atoms with E-state index < -0.39 is 0 Å². The second kappa shape index (κ2) is 7.47. The number of aryl methyl sites for hydroxylation is 2. The van der Waals surface area contributed by atoms with Crippen LogP contribution in [0.5, 0.6) is 0 Å². The van der Waals surface area contributed by atoms with Crippen LogP contribution < -0.4 is 5.32 Å². The lowest BCUT2D eigenvalue weighted by Gasteiger charge is -2.04. The van der Waals surface area contributed by atoms with Gasteiger partial charge in [0.2, 0.25) is 0 Å². The van der Waals surface area contributed by atoms with Crippen LogP contribution in [-0.2, 0) is 6.42 Å². The smallest absolute Gasteiger partial charge is 0.00488 e. The van der Waals surface area contributed by atoms with Gasteiger partial charge in [-0.2, -0.15) is 0 Å². The van der Waals surface area contributed by atoms with Crippen LogP contribution in [-0.4, -0.2) is 13.1 Å². The first-order valence-corrected chi connectivity index (χ1v) is 6.09. The van der Waals surface area contributed by atoms with Gasteiger partial charge in [-0.05, 0) is 51.3 Å². The van der Waals surface area contributed by atoms with Gasteiger partial charge in [-0.15, -0.1) is 0 Å². The minimum atomic E-state index is 1.16. The molecule has 1 aromatic carbocycles. The van der Waals surface area contributed by atoms with E-state index in [1.165, 1.54) is 43.4 Å². The van der Waals surface area contributed by atoms with Crippen LogP contribution in [0.2, 0.25) is 0 Å². The van der Waals surface area contributed by atoms with Gasteiger partial charge >= 0.3 is 0 Å². The average molecular weight is 205 g/mol. The lowest BCUT2D eigenvalue weighted by Crippen LogP contribution is -2.15. The molecule has 0 fully saturated rings. The Morgan fingerprint density at radius 1 is 1.13 bits per heavy atom. The van der Waals surface area contributed by atoms with E-state index in [1.54, 1.807) is 0 Å². The summed E-state index contributed by atoms with van der Waals surface area (Å²) in [5.74, 6) is 0. The molecule has 1 aromatic rings. The van der Waals surface area contributed by atoms with Crippen LogP contribution in [0.25, 0.3) is 0 Å². The van der Waals surface area contributed by atoms with E-state index in [0.29, 0.717) is 0 Å². The Morgan fingerprint density at radius 3 is 2.73 bits per heavy atom. The molecule has 15 heavy (non-hydrogen) atoms. The highest BCUT2D eigenvalue weighted by molar-refractivity contribution is 5.22. The summed E-state index contributed by atoms with van der Waals surface area (Å²) < 4.78 is 0. The maximum absolute atomic E-state index is 3.43. The topological polar surface area (TPSA) is 12.0 Å². The Hall–Kier alpha value is -0.820. The van der Waals surface area contributed by atoms with E-state index in [2.05, 4.69) is 43.4 Å². The van der Waals surface area contributed by atoms with E-state index >= 15 is 0 Å². The van der Waals surface area contributed by atoms with Crippen molar-refractivity contribution >= 4 is 0 Å². The van der Waals surface area contributed by atoms with E-state index in [4.69, 9.17) is 0 Å². The Kier molecular flexibility index (Phi) is 6.10. The molecule has 0 heterocycles. The SMILES string of the molecule is CCCNCCCCc1cccc(C)c1. The molecule has 0 bridgehead atoms. The molecule has 0 radical (unpaired) electrons. The quantitative estimate of drug-likeness (QED) is 0.673. The summed E-state index contributed by atoms with van der Waals surface area (Å²) in [7, 11) is 0. The van der Waals surface area contributed by atoms with Gasteiger partial charge in [0, 0.05) is 0 Å². The van der Waals surface area contributed by atoms with Crippen LogP contribution in [0.15, 0.2) is 24.3 Å². The minimum Gasteiger partial charge on any atom is -0.317 e. The Balaban J connectivity index is 2.10. The van der Waals surface area contributed by atoms with Gasteiger partial charge in [0.1, 0.15) is 0 Å². The largest absolute Gasteiger partial charge is 0.317 e. The van der Waals surface area contributed by atoms with Crippen molar-refractivity contribution in [2.24, 2.45) is 0 Å². The molecule has 1 heteroatoms. The lowest BCUT2D eigenvalue weighted by molar-refractivity contribution is 0.617. The normalized spacial score (nSPS) is 10.5. The number of hydrogen-bond donors (Lipinski definition) is 1. The van der Waals surface area contributed by atoms with E-state index in [1.807, 2.05) is 0 Å². The van der Waals surface area contributed by atoms with Crippen LogP contribution in [0.3, 0.4) is 0 Å². The van der Waals surface area contributed by atoms with Gasteiger partial charge in [0.25, 0.3) is 0 Å². The van der Waals surface area contributed by atoms with Crippen molar-refractivity contribution in [2.45, 2.75) is 39.5 Å². The molecule has 0 aromatic heterocycles. The van der Waals surface area contributed by atoms with E-state index in [0.717, 1.165) is 6.54 Å². The first kappa shape index (κ1) is 12.3. The standard InChI is InChI=1S/C14H23N/c1-3-10-15-11-5-4-8-14-9-6-7-13(2)12-14/h6-7,9,12,15H,3-5,8,10-11H2,1-2H3. The molecule has 0 saturated heterocycles. The fraction of sp³-hybridized carbons (Fsp3) is 0.571. The summed E-state index contributed by atoms with van der Waals surface area (Å²) in [6, 6.07) is 8.83. The van der Waals surface area contributed by atoms with Gasteiger partial charge in [0.15, 0.2) is 0 Å². The number of rotatable bonds is 7. The van der Waals surface area contributed by atoms with Crippen LogP contribution >= 0.6 is 0 Å². The molecule has 0 unspecified atom stereocenters. The number of benzene rings is 1. The molecule has 0 atom stereocenters. The molecule has 84 valence electrons. The maximum atomic E-state index is 3.43. The molecule has 0 spiro atoms. The Labute approximate surface area is 93.9 Å². The van der Waals surface area contributed by atoms with Crippen LogP contribution in [0, 0.1) is 6.92 Å². The molecular weight excluding hydrogens is 182 g/mol. The van der Waals surface area contributed by atoms with Crippen molar-refractivity contribution in [1.29, 1.82) is 0 Å². The molecule has 0 aliphatic carbocycles. The first-order chi connectivity index (χ1) is 7.33. The Bertz CT molecular complexity index is 268. The third kappa shape index (κ3) is 5.58. The molecule has 0 saturated carbocycles. The van der Waals surface area contributed by atoms with Crippen molar-refractivity contribution in [1.82, 2.24) is 5.32 Å². The van der Waals surface area contributed by atoms with Gasteiger partial charge < -0.3 is 5.32 Å². The van der Waals surface area contributed by atoms with Crippen molar-refractivity contribution in [2.75, 3.05) is 13.1 Å². The number of hydrogen-bond acceptors (Lipinski definition) is 1. The highest BCUT2D eigenvalue weighted by atomic mass is 14.8. The third-order valence-corrected chi connectivity index (χ3v) is 2.58. The minimum absolute atomic E-state index is 1.16. The lowest BCUT2D eigenvalue weighted by atomic mass is 10.1. The fourth-order valence-corrected chi connectivity index (χ4v) is 1.75. The number of nitrogens with one attached hydrogen (secondary N) is 1. The molecule has 0 amide bonds. The summed E-state index contributed by atoms with van der Waals surface area (Å²) >= 11 is 0. The third-order valence-electron chi connectivity index (χ3n) is 2.58. The predicted molar refractivity (Wildman–Crippen MR) is 67.3 cm³/mol. The fourth-order valence-electron chi connectivity index (χ4n) is 1.75. The average Bonchev–Trinajstić information content (AvgIpc) is 2.23. The van der Waals surface area contributed by atoms with E-state index in [-0.39, 0.29) is 0 Å². The highest BCUT2D eigenvalue weighted by Crippen LogP contribution is 2.07. The predicted octanol–water partition coefficient (Wildman–Crippen LogP) is 3.32. The maximum Gasteiger partial charge on any atom is -0.00488 e. The zero-order valence-electron chi connectivity index (χ0n) is 10.1. The number of unbranched alkanes of at least 4 members (excludes halogenated alkanes) is 1.